The number of aromatic amines is 1. The van der Waals surface area contributed by atoms with Gasteiger partial charge in [-0.2, -0.15) is 5.10 Å². The van der Waals surface area contributed by atoms with Crippen LogP contribution >= 0.6 is 0 Å². The lowest BCUT2D eigenvalue weighted by Crippen LogP contribution is -2.43. The summed E-state index contributed by atoms with van der Waals surface area (Å²) in [4.78, 5) is 2.38. The van der Waals surface area contributed by atoms with E-state index in [4.69, 9.17) is 0 Å². The predicted molar refractivity (Wildman–Crippen MR) is 72.3 cm³/mol. The van der Waals surface area contributed by atoms with Gasteiger partial charge in [-0.05, 0) is 12.6 Å². The van der Waals surface area contributed by atoms with Gasteiger partial charge in [0.1, 0.15) is 0 Å². The molecule has 2 heterocycles. The van der Waals surface area contributed by atoms with Crippen LogP contribution in [0, 0.1) is 0 Å². The number of piperazine rings is 1. The molecule has 4 heteroatoms. The Kier molecular flexibility index (Phi) is 3.13. The van der Waals surface area contributed by atoms with E-state index >= 15 is 0 Å². The Morgan fingerprint density at radius 1 is 1.28 bits per heavy atom. The molecule has 2 N–H and O–H groups in total. The van der Waals surface area contributed by atoms with E-state index in [0.717, 1.165) is 25.3 Å². The second-order valence-electron chi connectivity index (χ2n) is 4.77. The van der Waals surface area contributed by atoms with Gasteiger partial charge in [0.15, 0.2) is 0 Å². The van der Waals surface area contributed by atoms with Crippen molar-refractivity contribution in [2.45, 2.75) is 6.04 Å². The number of rotatable bonds is 2. The lowest BCUT2D eigenvalue weighted by molar-refractivity contribution is 0.203. The van der Waals surface area contributed by atoms with Gasteiger partial charge in [-0.1, -0.05) is 30.3 Å². The van der Waals surface area contributed by atoms with Crippen LogP contribution in [0.25, 0.3) is 11.3 Å². The normalized spacial score (nSPS) is 21.1. The maximum atomic E-state index is 4.23. The average Bonchev–Trinajstić information content (AvgIpc) is 2.89. The van der Waals surface area contributed by atoms with E-state index in [1.807, 2.05) is 12.3 Å². The first kappa shape index (κ1) is 11.4. The molecule has 0 amide bonds. The van der Waals surface area contributed by atoms with Gasteiger partial charge in [0, 0.05) is 25.2 Å². The van der Waals surface area contributed by atoms with Gasteiger partial charge >= 0.3 is 0 Å². The number of nitrogens with zero attached hydrogens (tertiary/aromatic N) is 2. The van der Waals surface area contributed by atoms with E-state index in [-0.39, 0.29) is 0 Å². The fourth-order valence-corrected chi connectivity index (χ4v) is 2.54. The summed E-state index contributed by atoms with van der Waals surface area (Å²) in [5.41, 5.74) is 3.61. The third-order valence-corrected chi connectivity index (χ3v) is 3.60. The largest absolute Gasteiger partial charge is 0.314 e. The summed E-state index contributed by atoms with van der Waals surface area (Å²) in [5, 5.41) is 10.8. The van der Waals surface area contributed by atoms with E-state index in [0.29, 0.717) is 6.04 Å². The van der Waals surface area contributed by atoms with E-state index in [9.17, 15) is 0 Å². The molecule has 1 unspecified atom stereocenters. The van der Waals surface area contributed by atoms with E-state index in [1.54, 1.807) is 0 Å². The highest BCUT2D eigenvalue weighted by Gasteiger charge is 2.24. The second-order valence-corrected chi connectivity index (χ2v) is 4.77. The number of likely N-dealkylation sites (N-methyl/N-ethyl adjacent to an activating group) is 1. The molecule has 1 aliphatic heterocycles. The zero-order valence-corrected chi connectivity index (χ0v) is 10.6. The van der Waals surface area contributed by atoms with Gasteiger partial charge in [0.25, 0.3) is 0 Å². The minimum absolute atomic E-state index is 0.396. The maximum Gasteiger partial charge on any atom is 0.0698 e. The van der Waals surface area contributed by atoms with E-state index < -0.39 is 0 Å². The molecule has 1 atom stereocenters. The first-order valence-electron chi connectivity index (χ1n) is 6.36. The Morgan fingerprint density at radius 3 is 2.89 bits per heavy atom. The quantitative estimate of drug-likeness (QED) is 0.841. The van der Waals surface area contributed by atoms with Crippen molar-refractivity contribution in [2.75, 3.05) is 26.7 Å². The Balaban J connectivity index is 1.96. The topological polar surface area (TPSA) is 44.0 Å². The Bertz CT molecular complexity index is 506. The minimum atomic E-state index is 0.396. The molecule has 94 valence electrons. The summed E-state index contributed by atoms with van der Waals surface area (Å²) in [7, 11) is 2.17. The number of hydrogen-bond donors (Lipinski definition) is 2. The van der Waals surface area contributed by atoms with Crippen LogP contribution in [0.1, 0.15) is 11.6 Å². The van der Waals surface area contributed by atoms with Gasteiger partial charge in [-0.15, -0.1) is 0 Å². The van der Waals surface area contributed by atoms with Crippen molar-refractivity contribution in [1.29, 1.82) is 0 Å². The molecule has 2 aromatic rings. The molecule has 1 aliphatic rings. The van der Waals surface area contributed by atoms with E-state index in [1.165, 1.54) is 11.1 Å². The van der Waals surface area contributed by atoms with Crippen LogP contribution in [0.4, 0.5) is 0 Å². The Labute approximate surface area is 107 Å². The molecule has 4 nitrogen and oxygen atoms in total. The monoisotopic (exact) mass is 242 g/mol. The first-order chi connectivity index (χ1) is 8.86. The Hall–Kier alpha value is -1.65. The van der Waals surface area contributed by atoms with E-state index in [2.05, 4.69) is 51.7 Å². The van der Waals surface area contributed by atoms with Crippen LogP contribution in [0.15, 0.2) is 36.5 Å². The van der Waals surface area contributed by atoms with Gasteiger partial charge in [0.2, 0.25) is 0 Å². The minimum Gasteiger partial charge on any atom is -0.314 e. The highest BCUT2D eigenvalue weighted by molar-refractivity contribution is 5.63. The summed E-state index contributed by atoms with van der Waals surface area (Å²) in [6.45, 7) is 3.12. The highest BCUT2D eigenvalue weighted by atomic mass is 15.2. The van der Waals surface area contributed by atoms with Crippen LogP contribution in [0.2, 0.25) is 0 Å². The molecule has 18 heavy (non-hydrogen) atoms. The van der Waals surface area contributed by atoms with Gasteiger partial charge in [-0.25, -0.2) is 0 Å². The van der Waals surface area contributed by atoms with Crippen LogP contribution in [0.3, 0.4) is 0 Å². The fourth-order valence-electron chi connectivity index (χ4n) is 2.54. The van der Waals surface area contributed by atoms with Crippen molar-refractivity contribution >= 4 is 0 Å². The molecule has 0 bridgehead atoms. The van der Waals surface area contributed by atoms with Crippen LogP contribution in [-0.2, 0) is 0 Å². The van der Waals surface area contributed by atoms with Crippen LogP contribution in [0.5, 0.6) is 0 Å². The van der Waals surface area contributed by atoms with Gasteiger partial charge in [0.05, 0.1) is 17.9 Å². The summed E-state index contributed by atoms with van der Waals surface area (Å²) >= 11 is 0. The van der Waals surface area contributed by atoms with Crippen molar-refractivity contribution < 1.29 is 0 Å². The molecular formula is C14H18N4. The van der Waals surface area contributed by atoms with Crippen LogP contribution < -0.4 is 5.32 Å². The zero-order chi connectivity index (χ0) is 12.4. The number of benzene rings is 1. The number of aromatic nitrogens is 2. The lowest BCUT2D eigenvalue weighted by Gasteiger charge is -2.33. The molecule has 0 spiro atoms. The molecule has 1 aromatic carbocycles. The van der Waals surface area contributed by atoms with Crippen molar-refractivity contribution in [3.63, 3.8) is 0 Å². The SMILES string of the molecule is CN1CCNCC1c1cn[nH]c1-c1ccccc1. The fraction of sp³-hybridized carbons (Fsp3) is 0.357. The highest BCUT2D eigenvalue weighted by Crippen LogP contribution is 2.29. The number of H-pyrrole nitrogens is 1. The van der Waals surface area contributed by atoms with Gasteiger partial charge < -0.3 is 5.32 Å². The predicted octanol–water partition coefficient (Wildman–Crippen LogP) is 1.65. The zero-order valence-electron chi connectivity index (χ0n) is 10.6. The second kappa shape index (κ2) is 4.92. The number of hydrogen-bond acceptors (Lipinski definition) is 3. The molecule has 1 saturated heterocycles. The molecule has 3 rings (SSSR count). The third-order valence-electron chi connectivity index (χ3n) is 3.60. The molecule has 1 aromatic heterocycles. The molecule has 1 fully saturated rings. The molecule has 0 aliphatic carbocycles. The average molecular weight is 242 g/mol. The van der Waals surface area contributed by atoms with Crippen molar-refractivity contribution in [1.82, 2.24) is 20.4 Å². The third kappa shape index (κ3) is 2.05. The van der Waals surface area contributed by atoms with Gasteiger partial charge in [-0.3, -0.25) is 10.00 Å². The van der Waals surface area contributed by atoms with Crippen molar-refractivity contribution in [2.24, 2.45) is 0 Å². The molecular weight excluding hydrogens is 224 g/mol. The summed E-state index contributed by atoms with van der Waals surface area (Å²) in [6, 6.07) is 10.8. The lowest BCUT2D eigenvalue weighted by atomic mass is 10.0. The smallest absolute Gasteiger partial charge is 0.0698 e. The maximum absolute atomic E-state index is 4.23. The molecule has 0 saturated carbocycles. The summed E-state index contributed by atoms with van der Waals surface area (Å²) in [6.07, 6.45) is 1.95. The van der Waals surface area contributed by atoms with Crippen LogP contribution in [-0.4, -0.2) is 41.8 Å². The standard InChI is InChI=1S/C14H18N4/c1-18-8-7-15-10-13(18)12-9-16-17-14(12)11-5-3-2-4-6-11/h2-6,9,13,15H,7-8,10H2,1H3,(H,16,17). The van der Waals surface area contributed by atoms with Crippen molar-refractivity contribution in [3.8, 4) is 11.3 Å². The Morgan fingerprint density at radius 2 is 2.11 bits per heavy atom. The molecule has 0 radical (unpaired) electrons. The number of nitrogens with one attached hydrogen (secondary N) is 2. The first-order valence-corrected chi connectivity index (χ1v) is 6.36. The van der Waals surface area contributed by atoms with Crippen molar-refractivity contribution in [3.05, 3.63) is 42.1 Å². The summed E-state index contributed by atoms with van der Waals surface area (Å²) in [5.74, 6) is 0. The summed E-state index contributed by atoms with van der Waals surface area (Å²) < 4.78 is 0.